The third-order valence-corrected chi connectivity index (χ3v) is 2.71. The summed E-state index contributed by atoms with van der Waals surface area (Å²) < 4.78 is 0.956. The fraction of sp³-hybridized carbons (Fsp3) is 0.800. The van der Waals surface area contributed by atoms with Crippen LogP contribution in [0.1, 0.15) is 6.92 Å². The molecule has 0 aliphatic heterocycles. The van der Waals surface area contributed by atoms with Crippen molar-refractivity contribution in [2.45, 2.75) is 6.92 Å². The number of halogens is 1. The molecule has 0 aromatic carbocycles. The van der Waals surface area contributed by atoms with Crippen LogP contribution in [0.4, 0.5) is 0 Å². The SMILES string of the molecule is CCN(C)C(=S)CI. The number of nitrogens with zero attached hydrogens (tertiary/aromatic N) is 1. The average Bonchev–Trinajstić information content (AvgIpc) is 1.84. The van der Waals surface area contributed by atoms with E-state index in [4.69, 9.17) is 12.2 Å². The molecule has 48 valence electrons. The van der Waals surface area contributed by atoms with E-state index < -0.39 is 0 Å². The molecule has 0 saturated carbocycles. The standard InChI is InChI=1S/C5H10INS/c1-3-7(2)5(8)4-6/h3-4H2,1-2H3. The van der Waals surface area contributed by atoms with Gasteiger partial charge in [0, 0.05) is 13.6 Å². The molecule has 8 heavy (non-hydrogen) atoms. The second-order valence-electron chi connectivity index (χ2n) is 1.54. The van der Waals surface area contributed by atoms with Crippen molar-refractivity contribution in [1.29, 1.82) is 0 Å². The maximum absolute atomic E-state index is 5.00. The monoisotopic (exact) mass is 243 g/mol. The van der Waals surface area contributed by atoms with Gasteiger partial charge in [-0.2, -0.15) is 0 Å². The summed E-state index contributed by atoms with van der Waals surface area (Å²) in [6.45, 7) is 3.11. The smallest absolute Gasteiger partial charge is 0.0875 e. The highest BCUT2D eigenvalue weighted by Gasteiger charge is 1.95. The maximum atomic E-state index is 5.00. The molecule has 0 atom stereocenters. The summed E-state index contributed by atoms with van der Waals surface area (Å²) in [7, 11) is 2.01. The maximum Gasteiger partial charge on any atom is 0.0875 e. The van der Waals surface area contributed by atoms with E-state index >= 15 is 0 Å². The summed E-state index contributed by atoms with van der Waals surface area (Å²) in [5.41, 5.74) is 0. The molecule has 3 heteroatoms. The fourth-order valence-electron chi connectivity index (χ4n) is 0.278. The van der Waals surface area contributed by atoms with Crippen molar-refractivity contribution in [2.75, 3.05) is 18.0 Å². The van der Waals surface area contributed by atoms with Crippen molar-refractivity contribution >= 4 is 39.8 Å². The predicted molar refractivity (Wildman–Crippen MR) is 49.8 cm³/mol. The van der Waals surface area contributed by atoms with Gasteiger partial charge in [0.2, 0.25) is 0 Å². The third-order valence-electron chi connectivity index (χ3n) is 1.01. The number of thiocarbonyl (C=S) groups is 1. The molecule has 0 rings (SSSR count). The Morgan fingerprint density at radius 3 is 2.38 bits per heavy atom. The van der Waals surface area contributed by atoms with E-state index in [-0.39, 0.29) is 0 Å². The summed E-state index contributed by atoms with van der Waals surface area (Å²) in [5.74, 6) is 0. The molecule has 0 bridgehead atoms. The first kappa shape index (κ1) is 8.62. The third kappa shape index (κ3) is 2.81. The Balaban J connectivity index is 3.46. The van der Waals surface area contributed by atoms with Crippen LogP contribution in [0.3, 0.4) is 0 Å². The molecule has 0 fully saturated rings. The van der Waals surface area contributed by atoms with Crippen molar-refractivity contribution in [3.63, 3.8) is 0 Å². The van der Waals surface area contributed by atoms with Crippen molar-refractivity contribution < 1.29 is 0 Å². The van der Waals surface area contributed by atoms with Crippen molar-refractivity contribution in [3.8, 4) is 0 Å². The van der Waals surface area contributed by atoms with Gasteiger partial charge in [-0.3, -0.25) is 0 Å². The predicted octanol–water partition coefficient (Wildman–Crippen LogP) is 1.70. The van der Waals surface area contributed by atoms with Gasteiger partial charge < -0.3 is 4.90 Å². The number of rotatable bonds is 2. The second-order valence-corrected chi connectivity index (χ2v) is 2.78. The highest BCUT2D eigenvalue weighted by Crippen LogP contribution is 1.91. The Kier molecular flexibility index (Phi) is 4.84. The average molecular weight is 243 g/mol. The van der Waals surface area contributed by atoms with E-state index in [0.29, 0.717) is 0 Å². The van der Waals surface area contributed by atoms with E-state index in [1.54, 1.807) is 0 Å². The minimum atomic E-state index is 0.956. The second kappa shape index (κ2) is 4.49. The highest BCUT2D eigenvalue weighted by atomic mass is 127. The van der Waals surface area contributed by atoms with Crippen molar-refractivity contribution in [3.05, 3.63) is 0 Å². The minimum absolute atomic E-state index is 0.956. The lowest BCUT2D eigenvalue weighted by molar-refractivity contribution is 0.544. The van der Waals surface area contributed by atoms with E-state index in [9.17, 15) is 0 Å². The van der Waals surface area contributed by atoms with E-state index in [2.05, 4.69) is 34.4 Å². The Morgan fingerprint density at radius 2 is 2.25 bits per heavy atom. The Labute approximate surface area is 69.6 Å². The quantitative estimate of drug-likeness (QED) is 0.412. The Morgan fingerprint density at radius 1 is 1.75 bits per heavy atom. The molecule has 0 unspecified atom stereocenters. The summed E-state index contributed by atoms with van der Waals surface area (Å²) in [6.07, 6.45) is 0. The van der Waals surface area contributed by atoms with Crippen LogP contribution in [0.5, 0.6) is 0 Å². The number of alkyl halides is 1. The molecule has 0 heterocycles. The van der Waals surface area contributed by atoms with Crippen LogP contribution in [0.25, 0.3) is 0 Å². The zero-order valence-electron chi connectivity index (χ0n) is 5.15. The molecule has 0 saturated heterocycles. The minimum Gasteiger partial charge on any atom is -0.369 e. The first-order valence-corrected chi connectivity index (χ1v) is 4.45. The van der Waals surface area contributed by atoms with E-state index in [0.717, 1.165) is 16.0 Å². The van der Waals surface area contributed by atoms with Crippen LogP contribution in [-0.4, -0.2) is 27.9 Å². The molecule has 0 aromatic heterocycles. The lowest BCUT2D eigenvalue weighted by Gasteiger charge is -2.14. The van der Waals surface area contributed by atoms with Gasteiger partial charge in [-0.05, 0) is 6.92 Å². The van der Waals surface area contributed by atoms with Crippen LogP contribution < -0.4 is 0 Å². The van der Waals surface area contributed by atoms with Gasteiger partial charge in [-0.15, -0.1) is 0 Å². The fourth-order valence-corrected chi connectivity index (χ4v) is 0.990. The first-order chi connectivity index (χ1) is 3.72. The van der Waals surface area contributed by atoms with E-state index in [1.165, 1.54) is 0 Å². The summed E-state index contributed by atoms with van der Waals surface area (Å²) in [4.78, 5) is 3.11. The highest BCUT2D eigenvalue weighted by molar-refractivity contribution is 14.1. The molecule has 0 radical (unpaired) electrons. The molecular formula is C5H10INS. The lowest BCUT2D eigenvalue weighted by Crippen LogP contribution is -2.25. The zero-order valence-corrected chi connectivity index (χ0v) is 8.12. The van der Waals surface area contributed by atoms with Crippen LogP contribution in [-0.2, 0) is 0 Å². The summed E-state index contributed by atoms with van der Waals surface area (Å²) >= 11 is 7.26. The Bertz CT molecular complexity index is 84.5. The molecule has 0 N–H and O–H groups in total. The van der Waals surface area contributed by atoms with Crippen LogP contribution >= 0.6 is 34.8 Å². The molecule has 0 aliphatic carbocycles. The van der Waals surface area contributed by atoms with Crippen molar-refractivity contribution in [1.82, 2.24) is 4.90 Å². The molecule has 0 spiro atoms. The lowest BCUT2D eigenvalue weighted by atomic mass is 10.6. The van der Waals surface area contributed by atoms with Crippen LogP contribution in [0, 0.1) is 0 Å². The Hall–Kier alpha value is 0.620. The van der Waals surface area contributed by atoms with Gasteiger partial charge in [0.1, 0.15) is 0 Å². The first-order valence-electron chi connectivity index (χ1n) is 2.52. The molecule has 1 nitrogen and oxygen atoms in total. The van der Waals surface area contributed by atoms with Gasteiger partial charge in [0.05, 0.1) is 9.42 Å². The van der Waals surface area contributed by atoms with Gasteiger partial charge in [-0.25, -0.2) is 0 Å². The summed E-state index contributed by atoms with van der Waals surface area (Å²) in [6, 6.07) is 0. The molecule has 0 amide bonds. The van der Waals surface area contributed by atoms with E-state index in [1.807, 2.05) is 7.05 Å². The number of hydrogen-bond donors (Lipinski definition) is 0. The largest absolute Gasteiger partial charge is 0.369 e. The van der Waals surface area contributed by atoms with Crippen LogP contribution in [0.15, 0.2) is 0 Å². The normalized spacial score (nSPS) is 8.88. The topological polar surface area (TPSA) is 3.24 Å². The summed E-state index contributed by atoms with van der Waals surface area (Å²) in [5, 5.41) is 0. The van der Waals surface area contributed by atoms with Gasteiger partial charge in [0.25, 0.3) is 0 Å². The zero-order chi connectivity index (χ0) is 6.57. The van der Waals surface area contributed by atoms with Gasteiger partial charge >= 0.3 is 0 Å². The van der Waals surface area contributed by atoms with Gasteiger partial charge in [0.15, 0.2) is 0 Å². The molecule has 0 aromatic rings. The number of hydrogen-bond acceptors (Lipinski definition) is 1. The molecular weight excluding hydrogens is 233 g/mol. The molecule has 0 aliphatic rings. The van der Waals surface area contributed by atoms with Crippen molar-refractivity contribution in [2.24, 2.45) is 0 Å². The van der Waals surface area contributed by atoms with Crippen LogP contribution in [0.2, 0.25) is 0 Å². The van der Waals surface area contributed by atoms with Gasteiger partial charge in [-0.1, -0.05) is 34.8 Å².